The van der Waals surface area contributed by atoms with Crippen molar-refractivity contribution in [3.8, 4) is 0 Å². The van der Waals surface area contributed by atoms with E-state index in [9.17, 15) is 13.0 Å². The van der Waals surface area contributed by atoms with Gasteiger partial charge in [-0.2, -0.15) is 8.42 Å². The number of rotatable bonds is 27. The van der Waals surface area contributed by atoms with Crippen LogP contribution in [0.25, 0.3) is 10.8 Å². The molecule has 2 aromatic carbocycles. The molecule has 2 aromatic rings. The van der Waals surface area contributed by atoms with Gasteiger partial charge in [0.15, 0.2) is 0 Å². The first-order valence-electron chi connectivity index (χ1n) is 18.0. The molecule has 42 heavy (non-hydrogen) atoms. The molecule has 0 aliphatic carbocycles. The zero-order valence-electron chi connectivity index (χ0n) is 27.4. The van der Waals surface area contributed by atoms with Crippen LogP contribution in [0, 0.1) is 0 Å². The molecule has 0 spiro atoms. The van der Waals surface area contributed by atoms with Crippen LogP contribution in [0.3, 0.4) is 0 Å². The first kappa shape index (κ1) is 36.8. The lowest BCUT2D eigenvalue weighted by Gasteiger charge is -2.17. The molecule has 0 amide bonds. The summed E-state index contributed by atoms with van der Waals surface area (Å²) < 4.78 is 35.7. The second-order valence-corrected chi connectivity index (χ2v) is 14.2. The molecule has 0 aliphatic rings. The molecule has 0 fully saturated rings. The van der Waals surface area contributed by atoms with E-state index in [1.807, 2.05) is 24.3 Å². The highest BCUT2D eigenvalue weighted by Gasteiger charge is 2.22. The summed E-state index contributed by atoms with van der Waals surface area (Å²) in [5.74, 6) is 0. The summed E-state index contributed by atoms with van der Waals surface area (Å²) in [6, 6.07) is 9.84. The van der Waals surface area contributed by atoms with Gasteiger partial charge in [0.1, 0.15) is 4.90 Å². The molecule has 0 radical (unpaired) electrons. The van der Waals surface area contributed by atoms with Crippen molar-refractivity contribution in [2.45, 2.75) is 186 Å². The number of benzene rings is 2. The molecule has 0 heterocycles. The first-order valence-corrected chi connectivity index (χ1v) is 19.4. The highest BCUT2D eigenvalue weighted by atomic mass is 32.2. The van der Waals surface area contributed by atoms with Crippen molar-refractivity contribution >= 4 is 20.9 Å². The fourth-order valence-electron chi connectivity index (χ4n) is 6.50. The molecule has 0 saturated heterocycles. The van der Waals surface area contributed by atoms with Crippen molar-refractivity contribution in [1.82, 2.24) is 0 Å². The third-order valence-electron chi connectivity index (χ3n) is 9.03. The van der Waals surface area contributed by atoms with Crippen molar-refractivity contribution in [2.75, 3.05) is 0 Å². The summed E-state index contributed by atoms with van der Waals surface area (Å²) >= 11 is 0. The van der Waals surface area contributed by atoms with Gasteiger partial charge in [0.2, 0.25) is 0 Å². The van der Waals surface area contributed by atoms with Gasteiger partial charge >= 0.3 is 0 Å². The lowest BCUT2D eigenvalue weighted by Crippen LogP contribution is -2.08. The van der Waals surface area contributed by atoms with Gasteiger partial charge in [0.05, 0.1) is 0 Å². The summed E-state index contributed by atoms with van der Waals surface area (Å²) in [7, 11) is -4.30. The Morgan fingerprint density at radius 1 is 0.524 bits per heavy atom. The van der Waals surface area contributed by atoms with Crippen LogP contribution in [-0.4, -0.2) is 13.0 Å². The van der Waals surface area contributed by atoms with E-state index in [4.69, 9.17) is 0 Å². The molecule has 0 atom stereocenters. The molecular formula is C38H64O3S. The zero-order chi connectivity index (χ0) is 30.3. The average Bonchev–Trinajstić information content (AvgIpc) is 2.97. The number of hydrogen-bond acceptors (Lipinski definition) is 2. The zero-order valence-corrected chi connectivity index (χ0v) is 28.3. The third-order valence-corrected chi connectivity index (χ3v) is 10.0. The smallest absolute Gasteiger partial charge is 0.282 e. The minimum atomic E-state index is -4.30. The fraction of sp³-hybridized carbons (Fsp3) is 0.737. The van der Waals surface area contributed by atoms with Gasteiger partial charge in [-0.15, -0.1) is 0 Å². The maximum absolute atomic E-state index is 12.7. The van der Waals surface area contributed by atoms with E-state index in [1.54, 1.807) is 0 Å². The highest BCUT2D eigenvalue weighted by Crippen LogP contribution is 2.32. The molecule has 0 bridgehead atoms. The van der Waals surface area contributed by atoms with E-state index in [0.29, 0.717) is 5.39 Å². The maximum atomic E-state index is 12.7. The Morgan fingerprint density at radius 2 is 0.905 bits per heavy atom. The lowest BCUT2D eigenvalue weighted by atomic mass is 9.93. The number of hydrogen-bond donors (Lipinski definition) is 1. The van der Waals surface area contributed by atoms with Gasteiger partial charge in [-0.25, -0.2) is 0 Å². The second kappa shape index (κ2) is 23.1. The molecule has 0 aliphatic heterocycles. The van der Waals surface area contributed by atoms with Gasteiger partial charge in [0.25, 0.3) is 10.1 Å². The third kappa shape index (κ3) is 15.4. The van der Waals surface area contributed by atoms with Crippen LogP contribution >= 0.6 is 0 Å². The quantitative estimate of drug-likeness (QED) is 0.0819. The molecule has 0 unspecified atom stereocenters. The van der Waals surface area contributed by atoms with Gasteiger partial charge in [0, 0.05) is 5.39 Å². The largest absolute Gasteiger partial charge is 0.295 e. The minimum absolute atomic E-state index is 0.164. The van der Waals surface area contributed by atoms with E-state index < -0.39 is 10.1 Å². The lowest BCUT2D eigenvalue weighted by molar-refractivity contribution is 0.482. The molecular weight excluding hydrogens is 536 g/mol. The Bertz CT molecular complexity index is 1060. The molecule has 3 nitrogen and oxygen atoms in total. The van der Waals surface area contributed by atoms with Crippen LogP contribution in [-0.2, 0) is 23.0 Å². The van der Waals surface area contributed by atoms with E-state index in [0.717, 1.165) is 48.6 Å². The average molecular weight is 601 g/mol. The van der Waals surface area contributed by atoms with Crippen molar-refractivity contribution in [3.05, 3.63) is 41.5 Å². The molecule has 1 N–H and O–H groups in total. The van der Waals surface area contributed by atoms with Crippen molar-refractivity contribution in [2.24, 2.45) is 0 Å². The van der Waals surface area contributed by atoms with Crippen molar-refractivity contribution in [3.63, 3.8) is 0 Å². The Hall–Kier alpha value is -1.39. The topological polar surface area (TPSA) is 54.4 Å². The second-order valence-electron chi connectivity index (χ2n) is 12.8. The highest BCUT2D eigenvalue weighted by molar-refractivity contribution is 7.86. The van der Waals surface area contributed by atoms with Crippen LogP contribution in [0.4, 0.5) is 0 Å². The van der Waals surface area contributed by atoms with Gasteiger partial charge in [-0.05, 0) is 42.2 Å². The maximum Gasteiger partial charge on any atom is 0.295 e. The first-order chi connectivity index (χ1) is 20.5. The van der Waals surface area contributed by atoms with E-state index in [1.165, 1.54) is 135 Å². The van der Waals surface area contributed by atoms with Crippen LogP contribution in [0.5, 0.6) is 0 Å². The molecule has 240 valence electrons. The minimum Gasteiger partial charge on any atom is -0.282 e. The predicted octanol–water partition coefficient (Wildman–Crippen LogP) is 12.6. The summed E-state index contributed by atoms with van der Waals surface area (Å²) in [6.45, 7) is 4.54. The molecule has 0 saturated carbocycles. The standard InChI is InChI=1S/C38H64O3S/c1-3-5-7-9-11-13-15-17-19-21-23-25-29-34-33-35-30-27-28-32-37(35)38(42(39,40)41)36(34)31-26-24-22-20-18-16-14-12-10-8-6-4-2/h27-28,30,32-33H,3-26,29,31H2,1-2H3,(H,39,40,41). The van der Waals surface area contributed by atoms with Gasteiger partial charge in [-0.1, -0.05) is 185 Å². The Balaban J connectivity index is 1.83. The number of fused-ring (bicyclic) bond motifs is 1. The monoisotopic (exact) mass is 600 g/mol. The van der Waals surface area contributed by atoms with Crippen LogP contribution in [0.1, 0.15) is 179 Å². The van der Waals surface area contributed by atoms with Gasteiger partial charge in [-0.3, -0.25) is 4.55 Å². The molecule has 0 aromatic heterocycles. The van der Waals surface area contributed by atoms with E-state index in [2.05, 4.69) is 19.9 Å². The van der Waals surface area contributed by atoms with Gasteiger partial charge < -0.3 is 0 Å². The van der Waals surface area contributed by atoms with Crippen LogP contribution < -0.4 is 0 Å². The Kier molecular flexibility index (Phi) is 20.2. The van der Waals surface area contributed by atoms with Crippen LogP contribution in [0.2, 0.25) is 0 Å². The van der Waals surface area contributed by atoms with Crippen LogP contribution in [0.15, 0.2) is 35.2 Å². The van der Waals surface area contributed by atoms with Crippen molar-refractivity contribution in [1.29, 1.82) is 0 Å². The Labute approximate surface area is 260 Å². The summed E-state index contributed by atoms with van der Waals surface area (Å²) in [4.78, 5) is 0.164. The van der Waals surface area contributed by atoms with E-state index >= 15 is 0 Å². The van der Waals surface area contributed by atoms with Crippen molar-refractivity contribution < 1.29 is 13.0 Å². The number of unbranched alkanes of at least 4 members (excludes halogenated alkanes) is 22. The molecule has 2 rings (SSSR count). The fourth-order valence-corrected chi connectivity index (χ4v) is 7.51. The predicted molar refractivity (Wildman–Crippen MR) is 183 cm³/mol. The number of aryl methyl sites for hydroxylation is 1. The normalized spacial score (nSPS) is 12.0. The van der Waals surface area contributed by atoms with E-state index in [-0.39, 0.29) is 4.90 Å². The summed E-state index contributed by atoms with van der Waals surface area (Å²) in [5, 5.41) is 1.57. The SMILES string of the molecule is CCCCCCCCCCCCCCc1cc2ccccc2c(S(=O)(=O)O)c1CCCCCCCCCCCCCC. The Morgan fingerprint density at radius 3 is 1.33 bits per heavy atom. The summed E-state index contributed by atoms with van der Waals surface area (Å²) in [6.07, 6.45) is 32.8. The molecule has 4 heteroatoms. The summed E-state index contributed by atoms with van der Waals surface area (Å²) in [5.41, 5.74) is 1.99.